The van der Waals surface area contributed by atoms with Crippen LogP contribution in [0.4, 0.5) is 0 Å². The van der Waals surface area contributed by atoms with Gasteiger partial charge in [-0.2, -0.15) is 0 Å². The molecule has 3 atom stereocenters. The number of cyclic esters (lactones) is 1. The van der Waals surface area contributed by atoms with E-state index in [2.05, 4.69) is 10.3 Å². The number of nitrogens with zero attached hydrogens (tertiary/aromatic N) is 1. The van der Waals surface area contributed by atoms with Crippen molar-refractivity contribution in [3.63, 3.8) is 0 Å². The Balaban J connectivity index is 0.000000439. The number of nitrogens with one attached hydrogen (secondary N) is 1. The number of methoxy groups -OCH3 is 1. The summed E-state index contributed by atoms with van der Waals surface area (Å²) in [5, 5.41) is 21.2. The lowest BCUT2D eigenvalue weighted by atomic mass is 10.1. The lowest BCUT2D eigenvalue weighted by Crippen LogP contribution is -2.43. The second-order valence-electron chi connectivity index (χ2n) is 7.24. The lowest BCUT2D eigenvalue weighted by molar-refractivity contribution is -0.151. The predicted octanol–water partition coefficient (Wildman–Crippen LogP) is 2.81. The van der Waals surface area contributed by atoms with Gasteiger partial charge in [0.1, 0.15) is 17.9 Å². The zero-order chi connectivity index (χ0) is 23.5. The number of phenols is 1. The number of hydrogen-bond acceptors (Lipinski definition) is 8. The maximum absolute atomic E-state index is 12.4. The molecular weight excluding hydrogens is 416 g/mol. The van der Waals surface area contributed by atoms with Crippen molar-refractivity contribution < 1.29 is 34.0 Å². The van der Waals surface area contributed by atoms with Crippen molar-refractivity contribution in [2.75, 3.05) is 13.7 Å². The van der Waals surface area contributed by atoms with E-state index in [1.54, 1.807) is 31.2 Å². The first-order chi connectivity index (χ1) is 15.3. The summed E-state index contributed by atoms with van der Waals surface area (Å²) in [5.41, 5.74) is -0.215. The minimum Gasteiger partial charge on any atom is -0.508 e. The highest BCUT2D eigenvalue weighted by Gasteiger charge is 2.29. The summed E-state index contributed by atoms with van der Waals surface area (Å²) in [4.78, 5) is 28.5. The van der Waals surface area contributed by atoms with Crippen molar-refractivity contribution in [3.05, 3.63) is 48.3 Å². The number of para-hydroxylation sites is 1. The molecule has 0 saturated carbocycles. The molecule has 2 aromatic rings. The minimum atomic E-state index is -0.877. The van der Waals surface area contributed by atoms with Crippen LogP contribution >= 0.6 is 0 Å². The number of amides is 1. The third-order valence-corrected chi connectivity index (χ3v) is 4.80. The second-order valence-corrected chi connectivity index (χ2v) is 7.24. The first kappa shape index (κ1) is 24.9. The lowest BCUT2D eigenvalue weighted by Gasteiger charge is -2.19. The van der Waals surface area contributed by atoms with Crippen LogP contribution in [0.2, 0.25) is 0 Å². The average Bonchev–Trinajstić information content (AvgIpc) is 2.84. The molecule has 0 aliphatic carbocycles. The summed E-state index contributed by atoms with van der Waals surface area (Å²) in [6.07, 6.45) is 2.76. The van der Waals surface area contributed by atoms with Crippen molar-refractivity contribution in [3.8, 4) is 17.2 Å². The van der Waals surface area contributed by atoms with Gasteiger partial charge < -0.3 is 29.7 Å². The molecule has 0 radical (unpaired) electrons. The molecular formula is C23H30N2O7. The topological polar surface area (TPSA) is 127 Å². The number of aromatic nitrogens is 1. The Morgan fingerprint density at radius 1 is 1.25 bits per heavy atom. The number of ether oxygens (including phenoxy) is 3. The van der Waals surface area contributed by atoms with Crippen molar-refractivity contribution >= 4 is 11.9 Å². The van der Waals surface area contributed by atoms with Crippen molar-refractivity contribution in [1.82, 2.24) is 10.3 Å². The van der Waals surface area contributed by atoms with Crippen LogP contribution in [0.1, 0.15) is 43.6 Å². The number of carbonyl (C=O) groups excluding carboxylic acids is 2. The van der Waals surface area contributed by atoms with Crippen LogP contribution in [0.3, 0.4) is 0 Å². The molecule has 1 amide bonds. The fourth-order valence-electron chi connectivity index (χ4n) is 3.07. The van der Waals surface area contributed by atoms with Gasteiger partial charge in [0, 0.05) is 31.7 Å². The summed E-state index contributed by atoms with van der Waals surface area (Å²) in [6, 6.07) is 9.27. The maximum atomic E-state index is 12.4. The second kappa shape index (κ2) is 12.5. The number of hydrogen-bond donors (Lipinski definition) is 3. The van der Waals surface area contributed by atoms with Gasteiger partial charge in [-0.25, -0.2) is 9.78 Å². The first-order valence-electron chi connectivity index (χ1n) is 10.4. The molecule has 0 bridgehead atoms. The van der Waals surface area contributed by atoms with E-state index in [0.717, 1.165) is 6.42 Å². The highest BCUT2D eigenvalue weighted by atomic mass is 16.5. The Labute approximate surface area is 187 Å². The molecule has 9 nitrogen and oxygen atoms in total. The minimum absolute atomic E-state index is 0.0151. The Morgan fingerprint density at radius 2 is 1.97 bits per heavy atom. The number of phenolic OH excluding ortho intramolecular Hbond substituents is 1. The normalized spacial score (nSPS) is 21.0. The van der Waals surface area contributed by atoms with Gasteiger partial charge in [0.25, 0.3) is 5.91 Å². The fourth-order valence-corrected chi connectivity index (χ4v) is 3.07. The summed E-state index contributed by atoms with van der Waals surface area (Å²) >= 11 is 0. The molecule has 2 heterocycles. The van der Waals surface area contributed by atoms with Crippen LogP contribution in [0.25, 0.3) is 0 Å². The van der Waals surface area contributed by atoms with E-state index < -0.39 is 17.9 Å². The fraction of sp³-hybridized carbons (Fsp3) is 0.435. The maximum Gasteiger partial charge on any atom is 0.329 e. The van der Waals surface area contributed by atoms with Crippen LogP contribution in [0.15, 0.2) is 42.6 Å². The smallest absolute Gasteiger partial charge is 0.329 e. The molecule has 174 valence electrons. The van der Waals surface area contributed by atoms with E-state index >= 15 is 0 Å². The molecule has 1 fully saturated rings. The Hall–Kier alpha value is -3.33. The summed E-state index contributed by atoms with van der Waals surface area (Å²) in [7, 11) is 1.37. The largest absolute Gasteiger partial charge is 0.508 e. The summed E-state index contributed by atoms with van der Waals surface area (Å²) < 4.78 is 16.1. The molecule has 1 aliphatic rings. The quantitative estimate of drug-likeness (QED) is 0.612. The zero-order valence-corrected chi connectivity index (χ0v) is 18.5. The van der Waals surface area contributed by atoms with Gasteiger partial charge in [-0.3, -0.25) is 4.79 Å². The highest BCUT2D eigenvalue weighted by Crippen LogP contribution is 2.27. The first-order valence-corrected chi connectivity index (χ1v) is 10.4. The summed E-state index contributed by atoms with van der Waals surface area (Å²) in [5.74, 6) is -1.14. The van der Waals surface area contributed by atoms with Crippen molar-refractivity contribution in [2.24, 2.45) is 0 Å². The predicted molar refractivity (Wildman–Crippen MR) is 117 cm³/mol. The van der Waals surface area contributed by atoms with E-state index in [1.807, 2.05) is 13.0 Å². The number of benzene rings is 1. The van der Waals surface area contributed by atoms with Crippen molar-refractivity contribution in [1.29, 1.82) is 0 Å². The van der Waals surface area contributed by atoms with Gasteiger partial charge >= 0.3 is 5.97 Å². The van der Waals surface area contributed by atoms with Crippen LogP contribution in [-0.2, 0) is 14.3 Å². The van der Waals surface area contributed by atoms with Crippen LogP contribution in [0.5, 0.6) is 17.2 Å². The van der Waals surface area contributed by atoms with Gasteiger partial charge in [-0.1, -0.05) is 25.1 Å². The standard InChI is InChI=1S/C17H24N2O6.C6H6O/c1-4-11-9-10(2)25-17(22)12(6-8-24-11)19-16(21)14-15(20)13(23-3)5-7-18-14;7-6-4-2-1-3-5-6/h5,7,10-12,20H,4,6,8-9H2,1-3H3,(H,19,21);1-5,7H/t10?,11?,12-;/m0./s1. The van der Waals surface area contributed by atoms with E-state index in [4.69, 9.17) is 19.3 Å². The van der Waals surface area contributed by atoms with E-state index in [0.29, 0.717) is 18.8 Å². The Morgan fingerprint density at radius 3 is 2.56 bits per heavy atom. The molecule has 32 heavy (non-hydrogen) atoms. The molecule has 1 saturated heterocycles. The molecule has 9 heteroatoms. The Kier molecular flexibility index (Phi) is 9.75. The van der Waals surface area contributed by atoms with E-state index in [1.165, 1.54) is 19.4 Å². The molecule has 3 N–H and O–H groups in total. The number of rotatable bonds is 4. The molecule has 3 rings (SSSR count). The van der Waals surface area contributed by atoms with Crippen LogP contribution in [-0.4, -0.2) is 59.0 Å². The van der Waals surface area contributed by atoms with Crippen molar-refractivity contribution in [2.45, 2.75) is 51.4 Å². The third-order valence-electron chi connectivity index (χ3n) is 4.80. The van der Waals surface area contributed by atoms with Gasteiger partial charge in [0.2, 0.25) is 0 Å². The zero-order valence-electron chi connectivity index (χ0n) is 18.5. The molecule has 2 unspecified atom stereocenters. The molecule has 1 aliphatic heterocycles. The Bertz CT molecular complexity index is 876. The molecule has 0 spiro atoms. The van der Waals surface area contributed by atoms with Gasteiger partial charge in [0.15, 0.2) is 17.2 Å². The highest BCUT2D eigenvalue weighted by molar-refractivity contribution is 5.97. The van der Waals surface area contributed by atoms with Gasteiger partial charge in [0.05, 0.1) is 13.2 Å². The number of pyridine rings is 1. The molecule has 1 aromatic carbocycles. The van der Waals surface area contributed by atoms with E-state index in [-0.39, 0.29) is 35.8 Å². The van der Waals surface area contributed by atoms with Crippen LogP contribution in [0, 0.1) is 0 Å². The van der Waals surface area contributed by atoms with E-state index in [9.17, 15) is 14.7 Å². The average molecular weight is 447 g/mol. The molecule has 1 aromatic heterocycles. The monoisotopic (exact) mass is 446 g/mol. The number of carbonyl (C=O) groups is 2. The summed E-state index contributed by atoms with van der Waals surface area (Å²) in [6.45, 7) is 4.12. The van der Waals surface area contributed by atoms with Gasteiger partial charge in [-0.05, 0) is 25.5 Å². The SMILES string of the molecule is CCC1CC(C)OC(=O)[C@@H](NC(=O)c2nccc(OC)c2O)CCO1.Oc1ccccc1. The number of esters is 1. The number of aromatic hydroxyl groups is 2. The van der Waals surface area contributed by atoms with Gasteiger partial charge in [-0.15, -0.1) is 0 Å². The van der Waals surface area contributed by atoms with Crippen LogP contribution < -0.4 is 10.1 Å². The third kappa shape index (κ3) is 7.42.